The van der Waals surface area contributed by atoms with E-state index in [4.69, 9.17) is 0 Å². The molecule has 0 aromatic heterocycles. The molecule has 4 heteroatoms. The Morgan fingerprint density at radius 3 is 2.53 bits per heavy atom. The quantitative estimate of drug-likeness (QED) is 0.751. The minimum Gasteiger partial charge on any atom is -0.307 e. The summed E-state index contributed by atoms with van der Waals surface area (Å²) in [6.45, 7) is 3.97. The van der Waals surface area contributed by atoms with Gasteiger partial charge in [-0.3, -0.25) is 9.69 Å². The van der Waals surface area contributed by atoms with Gasteiger partial charge in [-0.2, -0.15) is 0 Å². The number of nitrogens with zero attached hydrogens (tertiary/aromatic N) is 1. The third-order valence-electron chi connectivity index (χ3n) is 2.24. The fraction of sp³-hybridized carbons (Fsp3) is 0.273. The second kappa shape index (κ2) is 4.59. The van der Waals surface area contributed by atoms with E-state index in [2.05, 4.69) is 5.32 Å². The molecule has 15 heavy (non-hydrogen) atoms. The van der Waals surface area contributed by atoms with E-state index in [1.54, 1.807) is 6.07 Å². The Bertz CT molecular complexity index is 388. The first-order chi connectivity index (χ1) is 7.04. The van der Waals surface area contributed by atoms with Crippen LogP contribution >= 0.6 is 0 Å². The number of carbonyl (C=O) groups is 2. The molecule has 0 fully saturated rings. The zero-order chi connectivity index (χ0) is 11.4. The van der Waals surface area contributed by atoms with Crippen molar-refractivity contribution in [2.45, 2.75) is 13.8 Å². The molecular formula is C11H14N2O2. The minimum absolute atomic E-state index is 0.437. The summed E-state index contributed by atoms with van der Waals surface area (Å²) in [6.07, 6.45) is 0.469. The molecular weight excluding hydrogens is 192 g/mol. The Kier molecular flexibility index (Phi) is 3.44. The number of urea groups is 1. The highest BCUT2D eigenvalue weighted by molar-refractivity contribution is 5.95. The molecule has 0 aliphatic carbocycles. The van der Waals surface area contributed by atoms with Crippen LogP contribution in [0.25, 0.3) is 0 Å². The zero-order valence-electron chi connectivity index (χ0n) is 9.07. The second-order valence-corrected chi connectivity index (χ2v) is 3.45. The van der Waals surface area contributed by atoms with Crippen molar-refractivity contribution in [3.05, 3.63) is 29.3 Å². The molecule has 0 saturated heterocycles. The van der Waals surface area contributed by atoms with Crippen LogP contribution in [0, 0.1) is 13.8 Å². The lowest BCUT2D eigenvalue weighted by Gasteiger charge is -2.11. The maximum atomic E-state index is 11.3. The van der Waals surface area contributed by atoms with E-state index in [1.807, 2.05) is 26.0 Å². The summed E-state index contributed by atoms with van der Waals surface area (Å²) in [5, 5.41) is 2.62. The number of benzene rings is 1. The Labute approximate surface area is 88.9 Å². The smallest absolute Gasteiger partial charge is 0.307 e. The van der Waals surface area contributed by atoms with Crippen LogP contribution in [0.1, 0.15) is 11.1 Å². The van der Waals surface area contributed by atoms with Crippen molar-refractivity contribution >= 4 is 18.1 Å². The molecule has 1 N–H and O–H groups in total. The predicted octanol–water partition coefficient (Wildman–Crippen LogP) is 1.92. The van der Waals surface area contributed by atoms with E-state index >= 15 is 0 Å². The predicted molar refractivity (Wildman–Crippen MR) is 58.8 cm³/mol. The van der Waals surface area contributed by atoms with Crippen LogP contribution in [0.15, 0.2) is 18.2 Å². The van der Waals surface area contributed by atoms with Gasteiger partial charge in [0, 0.05) is 12.7 Å². The standard InChI is InChI=1S/C11H14N2O2/c1-8-4-5-10(6-9(8)2)12-11(15)13(3)7-14/h4-7H,1-3H3,(H,12,15). The number of nitrogens with one attached hydrogen (secondary N) is 1. The maximum absolute atomic E-state index is 11.3. The van der Waals surface area contributed by atoms with Gasteiger partial charge in [-0.1, -0.05) is 6.07 Å². The number of rotatable bonds is 2. The first-order valence-corrected chi connectivity index (χ1v) is 4.61. The van der Waals surface area contributed by atoms with Gasteiger partial charge >= 0.3 is 6.03 Å². The SMILES string of the molecule is Cc1ccc(NC(=O)N(C)C=O)cc1C. The highest BCUT2D eigenvalue weighted by Gasteiger charge is 2.06. The summed E-state index contributed by atoms with van der Waals surface area (Å²) in [7, 11) is 1.41. The molecule has 4 nitrogen and oxygen atoms in total. The molecule has 0 unspecified atom stereocenters. The number of hydrogen-bond acceptors (Lipinski definition) is 2. The molecule has 3 amide bonds. The van der Waals surface area contributed by atoms with E-state index in [9.17, 15) is 9.59 Å². The van der Waals surface area contributed by atoms with Gasteiger partial charge in [0.15, 0.2) is 0 Å². The molecule has 1 aromatic carbocycles. The van der Waals surface area contributed by atoms with Crippen molar-refractivity contribution in [3.8, 4) is 0 Å². The molecule has 0 radical (unpaired) electrons. The van der Waals surface area contributed by atoms with Crippen molar-refractivity contribution < 1.29 is 9.59 Å². The molecule has 0 saturated carbocycles. The zero-order valence-corrected chi connectivity index (χ0v) is 9.07. The molecule has 0 aliphatic rings. The van der Waals surface area contributed by atoms with Crippen LogP contribution in [0.5, 0.6) is 0 Å². The van der Waals surface area contributed by atoms with Crippen LogP contribution in [0.4, 0.5) is 10.5 Å². The fourth-order valence-electron chi connectivity index (χ4n) is 1.08. The molecule has 0 atom stereocenters. The normalized spacial score (nSPS) is 9.53. The minimum atomic E-state index is -0.437. The summed E-state index contributed by atoms with van der Waals surface area (Å²) < 4.78 is 0. The molecule has 0 heterocycles. The van der Waals surface area contributed by atoms with Gasteiger partial charge in [0.05, 0.1) is 0 Å². The molecule has 1 aromatic rings. The Hall–Kier alpha value is -1.84. The third kappa shape index (κ3) is 2.80. The Balaban J connectivity index is 2.77. The van der Waals surface area contributed by atoms with Gasteiger partial charge in [0.25, 0.3) is 0 Å². The topological polar surface area (TPSA) is 49.4 Å². The van der Waals surface area contributed by atoms with Gasteiger partial charge in [0.1, 0.15) is 0 Å². The van der Waals surface area contributed by atoms with E-state index in [-0.39, 0.29) is 0 Å². The van der Waals surface area contributed by atoms with Gasteiger partial charge < -0.3 is 5.32 Å². The number of carbonyl (C=O) groups excluding carboxylic acids is 2. The maximum Gasteiger partial charge on any atom is 0.328 e. The summed E-state index contributed by atoms with van der Waals surface area (Å²) in [6, 6.07) is 5.16. The first kappa shape index (κ1) is 11.2. The number of imide groups is 1. The highest BCUT2D eigenvalue weighted by atomic mass is 16.2. The van der Waals surface area contributed by atoms with E-state index in [0.29, 0.717) is 12.1 Å². The van der Waals surface area contributed by atoms with Gasteiger partial charge in [0.2, 0.25) is 6.41 Å². The lowest BCUT2D eigenvalue weighted by Crippen LogP contribution is -2.29. The molecule has 0 bridgehead atoms. The largest absolute Gasteiger partial charge is 0.328 e. The van der Waals surface area contributed by atoms with Crippen molar-refractivity contribution in [1.82, 2.24) is 4.90 Å². The molecule has 1 rings (SSSR count). The van der Waals surface area contributed by atoms with Crippen LogP contribution in [-0.4, -0.2) is 24.4 Å². The average Bonchev–Trinajstić information content (AvgIpc) is 2.22. The molecule has 0 aliphatic heterocycles. The van der Waals surface area contributed by atoms with Gasteiger partial charge in [-0.05, 0) is 37.1 Å². The Morgan fingerprint density at radius 2 is 2.00 bits per heavy atom. The average molecular weight is 206 g/mol. The first-order valence-electron chi connectivity index (χ1n) is 4.61. The highest BCUT2D eigenvalue weighted by Crippen LogP contribution is 2.14. The summed E-state index contributed by atoms with van der Waals surface area (Å²) >= 11 is 0. The molecule has 80 valence electrons. The summed E-state index contributed by atoms with van der Waals surface area (Å²) in [4.78, 5) is 22.6. The number of anilines is 1. The van der Waals surface area contributed by atoms with Crippen LogP contribution in [-0.2, 0) is 4.79 Å². The van der Waals surface area contributed by atoms with Gasteiger partial charge in [-0.15, -0.1) is 0 Å². The van der Waals surface area contributed by atoms with Crippen LogP contribution < -0.4 is 5.32 Å². The fourth-order valence-corrected chi connectivity index (χ4v) is 1.08. The summed E-state index contributed by atoms with van der Waals surface area (Å²) in [5.41, 5.74) is 2.95. The van der Waals surface area contributed by atoms with Crippen molar-refractivity contribution in [3.63, 3.8) is 0 Å². The molecule has 0 spiro atoms. The lowest BCUT2D eigenvalue weighted by atomic mass is 10.1. The lowest BCUT2D eigenvalue weighted by molar-refractivity contribution is -0.114. The number of amides is 3. The number of hydrogen-bond donors (Lipinski definition) is 1. The van der Waals surface area contributed by atoms with E-state index in [1.165, 1.54) is 7.05 Å². The second-order valence-electron chi connectivity index (χ2n) is 3.45. The van der Waals surface area contributed by atoms with Crippen molar-refractivity contribution in [1.29, 1.82) is 0 Å². The Morgan fingerprint density at radius 1 is 1.33 bits per heavy atom. The van der Waals surface area contributed by atoms with E-state index in [0.717, 1.165) is 16.0 Å². The van der Waals surface area contributed by atoms with Crippen molar-refractivity contribution in [2.24, 2.45) is 0 Å². The van der Waals surface area contributed by atoms with E-state index < -0.39 is 6.03 Å². The monoisotopic (exact) mass is 206 g/mol. The van der Waals surface area contributed by atoms with Crippen molar-refractivity contribution in [2.75, 3.05) is 12.4 Å². The van der Waals surface area contributed by atoms with Gasteiger partial charge in [-0.25, -0.2) is 4.79 Å². The number of aryl methyl sites for hydroxylation is 2. The van der Waals surface area contributed by atoms with Crippen LogP contribution in [0.2, 0.25) is 0 Å². The summed E-state index contributed by atoms with van der Waals surface area (Å²) in [5.74, 6) is 0. The van der Waals surface area contributed by atoms with Crippen LogP contribution in [0.3, 0.4) is 0 Å². The third-order valence-corrected chi connectivity index (χ3v) is 2.24.